The zero-order valence-electron chi connectivity index (χ0n) is 19.1. The SMILES string of the molecule is [C-]#[N+]c1ccc(-c2c(-c3ccc4c(c3)OCO4)ncc3c2ncn3CC2CCN(C)CC2)cc1. The lowest BCUT2D eigenvalue weighted by molar-refractivity contribution is 0.174. The van der Waals surface area contributed by atoms with E-state index in [1.54, 1.807) is 0 Å². The molecule has 34 heavy (non-hydrogen) atoms. The highest BCUT2D eigenvalue weighted by Gasteiger charge is 2.22. The third kappa shape index (κ3) is 3.66. The Morgan fingerprint density at radius 3 is 2.56 bits per heavy atom. The van der Waals surface area contributed by atoms with Crippen molar-refractivity contribution in [1.29, 1.82) is 0 Å². The number of pyridine rings is 1. The summed E-state index contributed by atoms with van der Waals surface area (Å²) >= 11 is 0. The van der Waals surface area contributed by atoms with E-state index in [-0.39, 0.29) is 6.79 Å². The van der Waals surface area contributed by atoms with Crippen molar-refractivity contribution in [1.82, 2.24) is 19.4 Å². The molecule has 7 heteroatoms. The lowest BCUT2D eigenvalue weighted by atomic mass is 9.96. The van der Waals surface area contributed by atoms with Gasteiger partial charge >= 0.3 is 0 Å². The van der Waals surface area contributed by atoms with Crippen molar-refractivity contribution in [3.05, 3.63) is 66.4 Å². The van der Waals surface area contributed by atoms with E-state index in [0.29, 0.717) is 11.6 Å². The molecule has 0 amide bonds. The van der Waals surface area contributed by atoms with Gasteiger partial charge in [-0.15, -0.1) is 0 Å². The van der Waals surface area contributed by atoms with Gasteiger partial charge in [-0.1, -0.05) is 24.3 Å². The van der Waals surface area contributed by atoms with Crippen molar-refractivity contribution in [3.63, 3.8) is 0 Å². The second kappa shape index (κ2) is 8.47. The number of likely N-dealkylation sites (tertiary alicyclic amines) is 1. The summed E-state index contributed by atoms with van der Waals surface area (Å²) in [5.41, 5.74) is 6.31. The van der Waals surface area contributed by atoms with Gasteiger partial charge in [0.2, 0.25) is 6.79 Å². The number of piperidine rings is 1. The number of imidazole rings is 1. The van der Waals surface area contributed by atoms with Crippen LogP contribution in [0.1, 0.15) is 12.8 Å². The fraction of sp³-hybridized carbons (Fsp3) is 0.296. The molecule has 2 aromatic carbocycles. The van der Waals surface area contributed by atoms with Gasteiger partial charge in [0, 0.05) is 17.7 Å². The topological polar surface area (TPSA) is 56.8 Å². The van der Waals surface area contributed by atoms with E-state index in [1.165, 1.54) is 12.8 Å². The van der Waals surface area contributed by atoms with Gasteiger partial charge in [0.25, 0.3) is 0 Å². The van der Waals surface area contributed by atoms with Gasteiger partial charge in [-0.2, -0.15) is 0 Å². The molecular weight excluding hydrogens is 426 g/mol. The van der Waals surface area contributed by atoms with Gasteiger partial charge in [-0.3, -0.25) is 4.98 Å². The summed E-state index contributed by atoms with van der Waals surface area (Å²) in [4.78, 5) is 15.7. The molecular formula is C27H25N5O2. The molecule has 0 saturated carbocycles. The van der Waals surface area contributed by atoms with E-state index >= 15 is 0 Å². The van der Waals surface area contributed by atoms with E-state index in [1.807, 2.05) is 55.0 Å². The number of ether oxygens (including phenoxy) is 2. The van der Waals surface area contributed by atoms with Crippen molar-refractivity contribution in [2.45, 2.75) is 19.4 Å². The first-order valence-corrected chi connectivity index (χ1v) is 11.6. The minimum atomic E-state index is 0.234. The number of hydrogen-bond donors (Lipinski definition) is 0. The number of benzene rings is 2. The Bertz CT molecular complexity index is 1400. The van der Waals surface area contributed by atoms with Gasteiger partial charge in [0.1, 0.15) is 5.52 Å². The lowest BCUT2D eigenvalue weighted by Crippen LogP contribution is -2.31. The molecule has 4 heterocycles. The van der Waals surface area contributed by atoms with E-state index in [9.17, 15) is 0 Å². The van der Waals surface area contributed by atoms with Crippen LogP contribution in [0.5, 0.6) is 11.5 Å². The molecule has 0 spiro atoms. The summed E-state index contributed by atoms with van der Waals surface area (Å²) in [5.74, 6) is 2.11. The lowest BCUT2D eigenvalue weighted by Gasteiger charge is -2.29. The number of nitrogens with zero attached hydrogens (tertiary/aromatic N) is 5. The van der Waals surface area contributed by atoms with Gasteiger partial charge in [-0.05, 0) is 62.7 Å². The maximum Gasteiger partial charge on any atom is 0.231 e. The highest BCUT2D eigenvalue weighted by Crippen LogP contribution is 2.41. The van der Waals surface area contributed by atoms with Gasteiger partial charge < -0.3 is 18.9 Å². The summed E-state index contributed by atoms with van der Waals surface area (Å²) in [6.07, 6.45) is 6.28. The molecule has 0 atom stereocenters. The Balaban J connectivity index is 1.47. The van der Waals surface area contributed by atoms with Crippen LogP contribution < -0.4 is 9.47 Å². The molecule has 0 aliphatic carbocycles. The Morgan fingerprint density at radius 1 is 1.00 bits per heavy atom. The summed E-state index contributed by atoms with van der Waals surface area (Å²) in [5, 5.41) is 0. The van der Waals surface area contributed by atoms with Gasteiger partial charge in [-0.25, -0.2) is 9.83 Å². The standard InChI is InChI=1S/C27H25N5O2/c1-28-21-6-3-19(4-7-21)25-26(20-5-8-23-24(13-20)34-17-33-23)29-14-22-27(25)30-16-32(22)15-18-9-11-31(2)12-10-18/h3-8,13-14,16,18H,9-12,15,17H2,2H3. The molecule has 0 bridgehead atoms. The zero-order valence-corrected chi connectivity index (χ0v) is 19.1. The summed E-state index contributed by atoms with van der Waals surface area (Å²) in [6.45, 7) is 10.8. The van der Waals surface area contributed by atoms with E-state index in [4.69, 9.17) is 26.0 Å². The van der Waals surface area contributed by atoms with Crippen LogP contribution in [0.3, 0.4) is 0 Å². The predicted molar refractivity (Wildman–Crippen MR) is 131 cm³/mol. The minimum Gasteiger partial charge on any atom is -0.454 e. The largest absolute Gasteiger partial charge is 0.454 e. The minimum absolute atomic E-state index is 0.234. The van der Waals surface area contributed by atoms with Crippen LogP contribution in [0.15, 0.2) is 55.0 Å². The van der Waals surface area contributed by atoms with E-state index in [2.05, 4.69) is 21.4 Å². The average molecular weight is 452 g/mol. The quantitative estimate of drug-likeness (QED) is 0.390. The molecule has 2 aliphatic rings. The van der Waals surface area contributed by atoms with Crippen LogP contribution >= 0.6 is 0 Å². The molecule has 0 radical (unpaired) electrons. The Morgan fingerprint density at radius 2 is 1.76 bits per heavy atom. The first-order valence-electron chi connectivity index (χ1n) is 11.6. The molecule has 2 aliphatic heterocycles. The monoisotopic (exact) mass is 451 g/mol. The summed E-state index contributed by atoms with van der Waals surface area (Å²) in [6, 6.07) is 13.6. The molecule has 170 valence electrons. The normalized spacial score (nSPS) is 16.1. The number of hydrogen-bond acceptors (Lipinski definition) is 5. The number of rotatable bonds is 4. The Kier molecular flexibility index (Phi) is 5.16. The van der Waals surface area contributed by atoms with Gasteiger partial charge in [0.05, 0.1) is 30.3 Å². The number of fused-ring (bicyclic) bond motifs is 2. The summed E-state index contributed by atoms with van der Waals surface area (Å²) < 4.78 is 13.4. The first-order chi connectivity index (χ1) is 16.7. The van der Waals surface area contributed by atoms with Crippen LogP contribution in [-0.4, -0.2) is 46.4 Å². The first kappa shape index (κ1) is 20.7. The molecule has 0 N–H and O–H groups in total. The van der Waals surface area contributed by atoms with Crippen molar-refractivity contribution in [2.24, 2.45) is 5.92 Å². The molecule has 4 aromatic rings. The van der Waals surface area contributed by atoms with Crippen molar-refractivity contribution in [2.75, 3.05) is 26.9 Å². The molecule has 2 aromatic heterocycles. The van der Waals surface area contributed by atoms with E-state index < -0.39 is 0 Å². The Hall–Kier alpha value is -3.89. The van der Waals surface area contributed by atoms with E-state index in [0.717, 1.165) is 64.6 Å². The molecule has 1 saturated heterocycles. The summed E-state index contributed by atoms with van der Waals surface area (Å²) in [7, 11) is 2.19. The van der Waals surface area contributed by atoms with Crippen molar-refractivity contribution < 1.29 is 9.47 Å². The van der Waals surface area contributed by atoms with Crippen LogP contribution in [-0.2, 0) is 6.54 Å². The number of aromatic nitrogens is 3. The zero-order chi connectivity index (χ0) is 23.1. The predicted octanol–water partition coefficient (Wildman–Crippen LogP) is 5.39. The van der Waals surface area contributed by atoms with Crippen LogP contribution in [0.4, 0.5) is 5.69 Å². The average Bonchev–Trinajstić information content (AvgIpc) is 3.51. The molecule has 7 nitrogen and oxygen atoms in total. The second-order valence-electron chi connectivity index (χ2n) is 9.09. The third-order valence-electron chi connectivity index (χ3n) is 6.89. The molecule has 1 fully saturated rings. The maximum absolute atomic E-state index is 7.30. The fourth-order valence-corrected chi connectivity index (χ4v) is 4.93. The molecule has 6 rings (SSSR count). The van der Waals surface area contributed by atoms with Crippen LogP contribution in [0, 0.1) is 12.5 Å². The van der Waals surface area contributed by atoms with Crippen LogP contribution in [0.25, 0.3) is 38.3 Å². The highest BCUT2D eigenvalue weighted by atomic mass is 16.7. The van der Waals surface area contributed by atoms with Crippen molar-refractivity contribution >= 4 is 16.7 Å². The van der Waals surface area contributed by atoms with Crippen LogP contribution in [0.2, 0.25) is 0 Å². The second-order valence-corrected chi connectivity index (χ2v) is 9.09. The highest BCUT2D eigenvalue weighted by molar-refractivity contribution is 5.99. The maximum atomic E-state index is 7.30. The fourth-order valence-electron chi connectivity index (χ4n) is 4.93. The third-order valence-corrected chi connectivity index (χ3v) is 6.89. The molecule has 0 unspecified atom stereocenters. The Labute approximate surface area is 198 Å². The van der Waals surface area contributed by atoms with Crippen molar-refractivity contribution in [3.8, 4) is 33.9 Å². The van der Waals surface area contributed by atoms with Gasteiger partial charge in [0.15, 0.2) is 17.2 Å². The smallest absolute Gasteiger partial charge is 0.231 e.